The number of hydrogen-bond acceptors (Lipinski definition) is 5. The summed E-state index contributed by atoms with van der Waals surface area (Å²) in [5.41, 5.74) is 5.29. The Kier molecular flexibility index (Phi) is 12.3. The first-order valence-corrected chi connectivity index (χ1v) is 15.2. The van der Waals surface area contributed by atoms with E-state index in [1.165, 1.54) is 22.3 Å². The summed E-state index contributed by atoms with van der Waals surface area (Å²) in [6, 6.07) is 12.8. The molecule has 0 radical (unpaired) electrons. The Morgan fingerprint density at radius 3 is 1.98 bits per heavy atom. The van der Waals surface area contributed by atoms with Crippen LogP contribution in [0, 0.1) is 19.3 Å². The van der Waals surface area contributed by atoms with Crippen LogP contribution in [0.2, 0.25) is 0 Å². The maximum atomic E-state index is 12.2. The number of benzene rings is 2. The number of aryl methyl sites for hydroxylation is 3. The first-order valence-electron chi connectivity index (χ1n) is 15.2. The van der Waals surface area contributed by atoms with Crippen LogP contribution in [-0.4, -0.2) is 47.3 Å². The van der Waals surface area contributed by atoms with Crippen LogP contribution in [0.15, 0.2) is 36.4 Å². The van der Waals surface area contributed by atoms with Crippen molar-refractivity contribution >= 4 is 6.09 Å². The molecule has 0 aliphatic rings. The Labute approximate surface area is 248 Å². The zero-order valence-electron chi connectivity index (χ0n) is 27.2. The van der Waals surface area contributed by atoms with E-state index in [-0.39, 0.29) is 36.2 Å². The lowest BCUT2D eigenvalue weighted by atomic mass is 9.69. The zero-order valence-corrected chi connectivity index (χ0v) is 27.2. The molecule has 0 spiro atoms. The quantitative estimate of drug-likeness (QED) is 0.234. The van der Waals surface area contributed by atoms with E-state index in [2.05, 4.69) is 77.2 Å². The van der Waals surface area contributed by atoms with E-state index in [4.69, 9.17) is 9.47 Å². The number of alkyl carbamates (subject to hydrolysis) is 1. The summed E-state index contributed by atoms with van der Waals surface area (Å²) in [4.78, 5) is 12.2. The number of hydrogen-bond donors (Lipinski definition) is 3. The second-order valence-electron chi connectivity index (χ2n) is 13.5. The standard InChI is InChI=1S/C35H55NO5/c1-11-35(12-2,27-15-13-26(24(3)21-27)14-18-31(38)33(5,6)7)28-16-17-30(25(4)22-28)40-23-29(19-20-37)36-32(39)41-34(8,9)10/h13,15-17,21-22,29,31,37-38H,11-12,14,18-20,23H2,1-10H3,(H,36,39)/t29?,31-/m0/s1. The predicted molar refractivity (Wildman–Crippen MR) is 168 cm³/mol. The van der Waals surface area contributed by atoms with Crippen molar-refractivity contribution in [2.75, 3.05) is 13.2 Å². The SMILES string of the molecule is CCC(CC)(c1ccc(CC[C@H](O)C(C)(C)C)c(C)c1)c1ccc(OCC(CCO)NC(=O)OC(C)(C)C)c(C)c1. The van der Waals surface area contributed by atoms with Crippen LogP contribution in [0.4, 0.5) is 4.79 Å². The minimum absolute atomic E-state index is 0.0629. The number of nitrogens with one attached hydrogen (secondary N) is 1. The Balaban J connectivity index is 2.23. The van der Waals surface area contributed by atoms with Gasteiger partial charge in [0.1, 0.15) is 18.0 Å². The molecule has 0 aliphatic carbocycles. The zero-order chi connectivity index (χ0) is 31.0. The van der Waals surface area contributed by atoms with Crippen molar-refractivity contribution in [3.8, 4) is 5.75 Å². The van der Waals surface area contributed by atoms with Crippen LogP contribution >= 0.6 is 0 Å². The van der Waals surface area contributed by atoms with Gasteiger partial charge in [-0.2, -0.15) is 0 Å². The van der Waals surface area contributed by atoms with Crippen molar-refractivity contribution in [2.24, 2.45) is 5.41 Å². The minimum atomic E-state index is -0.597. The van der Waals surface area contributed by atoms with E-state index >= 15 is 0 Å². The summed E-state index contributed by atoms with van der Waals surface area (Å²) >= 11 is 0. The minimum Gasteiger partial charge on any atom is -0.491 e. The van der Waals surface area contributed by atoms with Crippen molar-refractivity contribution in [3.05, 3.63) is 64.2 Å². The third kappa shape index (κ3) is 9.75. The first-order chi connectivity index (χ1) is 19.1. The largest absolute Gasteiger partial charge is 0.491 e. The monoisotopic (exact) mass is 569 g/mol. The molecule has 2 rings (SSSR count). The van der Waals surface area contributed by atoms with Crippen LogP contribution in [-0.2, 0) is 16.6 Å². The number of aliphatic hydroxyl groups is 2. The van der Waals surface area contributed by atoms with Crippen molar-refractivity contribution in [1.29, 1.82) is 0 Å². The second kappa shape index (κ2) is 14.6. The summed E-state index contributed by atoms with van der Waals surface area (Å²) in [5.74, 6) is 0.757. The molecule has 0 bridgehead atoms. The van der Waals surface area contributed by atoms with E-state index in [0.717, 1.165) is 37.0 Å². The highest BCUT2D eigenvalue weighted by Gasteiger charge is 2.32. The third-order valence-electron chi connectivity index (χ3n) is 8.16. The summed E-state index contributed by atoms with van der Waals surface area (Å²) in [5, 5.41) is 22.8. The van der Waals surface area contributed by atoms with Gasteiger partial charge in [-0.3, -0.25) is 0 Å². The Morgan fingerprint density at radius 1 is 0.902 bits per heavy atom. The van der Waals surface area contributed by atoms with Crippen LogP contribution in [0.25, 0.3) is 0 Å². The van der Waals surface area contributed by atoms with Gasteiger partial charge in [-0.05, 0) is 106 Å². The Hall–Kier alpha value is -2.57. The lowest BCUT2D eigenvalue weighted by Crippen LogP contribution is -2.42. The van der Waals surface area contributed by atoms with Gasteiger partial charge in [-0.15, -0.1) is 0 Å². The fourth-order valence-corrected chi connectivity index (χ4v) is 5.36. The molecular weight excluding hydrogens is 514 g/mol. The summed E-state index contributed by atoms with van der Waals surface area (Å²) in [7, 11) is 0. The molecule has 1 unspecified atom stereocenters. The molecule has 6 nitrogen and oxygen atoms in total. The molecule has 0 aromatic heterocycles. The van der Waals surface area contributed by atoms with E-state index in [9.17, 15) is 15.0 Å². The molecule has 0 fully saturated rings. The molecule has 0 saturated carbocycles. The number of carbonyl (C=O) groups excluding carboxylic acids is 1. The van der Waals surface area contributed by atoms with Gasteiger partial charge in [0.2, 0.25) is 0 Å². The fraction of sp³-hybridized carbons (Fsp3) is 0.629. The van der Waals surface area contributed by atoms with E-state index < -0.39 is 11.7 Å². The highest BCUT2D eigenvalue weighted by Crippen LogP contribution is 2.41. The van der Waals surface area contributed by atoms with E-state index in [0.29, 0.717) is 6.42 Å². The molecule has 1 amide bonds. The molecule has 0 aliphatic heterocycles. The van der Waals surface area contributed by atoms with Gasteiger partial charge in [-0.1, -0.05) is 65.0 Å². The maximum absolute atomic E-state index is 12.2. The van der Waals surface area contributed by atoms with Gasteiger partial charge in [-0.25, -0.2) is 4.79 Å². The van der Waals surface area contributed by atoms with Crippen molar-refractivity contribution in [3.63, 3.8) is 0 Å². The van der Waals surface area contributed by atoms with E-state index in [1.54, 1.807) is 0 Å². The predicted octanol–water partition coefficient (Wildman–Crippen LogP) is 7.40. The van der Waals surface area contributed by atoms with Crippen LogP contribution in [0.3, 0.4) is 0 Å². The number of carbonyl (C=O) groups is 1. The highest BCUT2D eigenvalue weighted by atomic mass is 16.6. The van der Waals surface area contributed by atoms with E-state index in [1.807, 2.05) is 33.8 Å². The average Bonchev–Trinajstić information content (AvgIpc) is 2.87. The lowest BCUT2D eigenvalue weighted by molar-refractivity contribution is 0.0478. The summed E-state index contributed by atoms with van der Waals surface area (Å²) < 4.78 is 11.5. The van der Waals surface area contributed by atoms with Gasteiger partial charge in [0.15, 0.2) is 0 Å². The van der Waals surface area contributed by atoms with Gasteiger partial charge >= 0.3 is 6.09 Å². The second-order valence-corrected chi connectivity index (χ2v) is 13.5. The summed E-state index contributed by atoms with van der Waals surface area (Å²) in [6.45, 7) is 20.6. The lowest BCUT2D eigenvalue weighted by Gasteiger charge is -2.34. The van der Waals surface area contributed by atoms with Gasteiger partial charge in [0.05, 0.1) is 12.1 Å². The van der Waals surface area contributed by atoms with Crippen LogP contribution in [0.5, 0.6) is 5.75 Å². The topological polar surface area (TPSA) is 88.0 Å². The van der Waals surface area contributed by atoms with Crippen molar-refractivity contribution < 1.29 is 24.5 Å². The smallest absolute Gasteiger partial charge is 0.407 e. The molecule has 6 heteroatoms. The molecule has 230 valence electrons. The van der Waals surface area contributed by atoms with Crippen molar-refractivity contribution in [2.45, 2.75) is 125 Å². The molecule has 41 heavy (non-hydrogen) atoms. The van der Waals surface area contributed by atoms with Crippen LogP contribution in [0.1, 0.15) is 109 Å². The Bertz CT molecular complexity index is 1120. The van der Waals surface area contributed by atoms with Gasteiger partial charge in [0.25, 0.3) is 0 Å². The molecule has 2 aromatic rings. The first kappa shape index (κ1) is 34.6. The Morgan fingerprint density at radius 2 is 1.49 bits per heavy atom. The third-order valence-corrected chi connectivity index (χ3v) is 8.16. The van der Waals surface area contributed by atoms with Crippen LogP contribution < -0.4 is 10.1 Å². The summed E-state index contributed by atoms with van der Waals surface area (Å²) in [6.07, 6.45) is 3.06. The maximum Gasteiger partial charge on any atom is 0.407 e. The molecule has 0 saturated heterocycles. The number of ether oxygens (including phenoxy) is 2. The van der Waals surface area contributed by atoms with Gasteiger partial charge in [0, 0.05) is 12.0 Å². The molecule has 0 heterocycles. The molecule has 3 N–H and O–H groups in total. The molecule has 2 atom stereocenters. The normalized spacial score (nSPS) is 14.0. The van der Waals surface area contributed by atoms with Crippen molar-refractivity contribution in [1.82, 2.24) is 5.32 Å². The fourth-order valence-electron chi connectivity index (χ4n) is 5.36. The highest BCUT2D eigenvalue weighted by molar-refractivity contribution is 5.68. The molecule has 2 aromatic carbocycles. The van der Waals surface area contributed by atoms with Gasteiger partial charge < -0.3 is 25.0 Å². The average molecular weight is 570 g/mol. The number of aliphatic hydroxyl groups excluding tert-OH is 2. The molecular formula is C35H55NO5. The number of rotatable bonds is 13. The number of amides is 1.